The van der Waals surface area contributed by atoms with E-state index < -0.39 is 49.5 Å². The quantitative estimate of drug-likeness (QED) is 0.0648. The highest BCUT2D eigenvalue weighted by atomic mass is 16.7. The molecule has 6 N–H and O–H groups in total. The predicted molar refractivity (Wildman–Crippen MR) is 170 cm³/mol. The monoisotopic (exact) mass is 611 g/mol. The van der Waals surface area contributed by atoms with E-state index in [1.807, 2.05) is 6.08 Å². The number of ether oxygens (including phenoxy) is 2. The Hall–Kier alpha value is -1.59. The number of allylic oxidation sites excluding steroid dienone is 5. The Labute approximate surface area is 260 Å². The van der Waals surface area contributed by atoms with Gasteiger partial charge in [0.05, 0.1) is 25.4 Å². The molecule has 9 heteroatoms. The Morgan fingerprint density at radius 1 is 0.791 bits per heavy atom. The van der Waals surface area contributed by atoms with Crippen LogP contribution >= 0.6 is 0 Å². The second kappa shape index (κ2) is 25.7. The summed E-state index contributed by atoms with van der Waals surface area (Å²) < 4.78 is 11.1. The summed E-state index contributed by atoms with van der Waals surface area (Å²) >= 11 is 0. The Morgan fingerprint density at radius 2 is 1.42 bits per heavy atom. The van der Waals surface area contributed by atoms with Crippen LogP contribution in [0.4, 0.5) is 0 Å². The molecule has 1 aliphatic rings. The predicted octanol–water partition coefficient (Wildman–Crippen LogP) is 4.60. The Bertz CT molecular complexity index is 771. The molecule has 7 unspecified atom stereocenters. The molecular formula is C34H61NO8. The maximum atomic E-state index is 12.7. The lowest BCUT2D eigenvalue weighted by Gasteiger charge is -2.40. The standard InChI is InChI=1S/C34H61NO8/c1-3-5-7-9-11-12-13-14-15-16-18-20-22-24-30(38)35-27(28(37)23-21-19-17-10-8-6-4-2)26-42-34-33(41)32(40)31(39)29(25-36)43-34/h7,9,12-13,21,23,27-29,31-34,36-37,39-41H,3-6,8,10-11,14-20,22,24-26H2,1-2H3,(H,35,38)/b9-7-,13-12-,23-21+. The van der Waals surface area contributed by atoms with Crippen LogP contribution in [0.15, 0.2) is 36.5 Å². The SMILES string of the molecule is CCC/C=C\C/C=C\CCCCCCCC(=O)NC(COC1OC(CO)C(O)C(O)C1O)C(O)/C=C/CCCCCCC. The summed E-state index contributed by atoms with van der Waals surface area (Å²) in [6.07, 6.45) is 20.6. The fourth-order valence-electron chi connectivity index (χ4n) is 4.90. The van der Waals surface area contributed by atoms with Crippen LogP contribution in [0.25, 0.3) is 0 Å². The number of aliphatic hydroxyl groups excluding tert-OH is 5. The van der Waals surface area contributed by atoms with Crippen LogP contribution in [-0.2, 0) is 14.3 Å². The number of hydrogen-bond acceptors (Lipinski definition) is 8. The van der Waals surface area contributed by atoms with Gasteiger partial charge in [-0.25, -0.2) is 0 Å². The number of nitrogens with one attached hydrogen (secondary N) is 1. The number of unbranched alkanes of at least 4 members (excludes halogenated alkanes) is 11. The smallest absolute Gasteiger partial charge is 0.220 e. The van der Waals surface area contributed by atoms with Gasteiger partial charge in [-0.05, 0) is 44.9 Å². The number of aliphatic hydroxyl groups is 5. The molecule has 0 radical (unpaired) electrons. The summed E-state index contributed by atoms with van der Waals surface area (Å²) in [5.74, 6) is -0.200. The van der Waals surface area contributed by atoms with Crippen molar-refractivity contribution < 1.29 is 39.8 Å². The van der Waals surface area contributed by atoms with Crippen molar-refractivity contribution in [2.45, 2.75) is 159 Å². The molecule has 0 saturated carbocycles. The Balaban J connectivity index is 2.50. The van der Waals surface area contributed by atoms with Crippen molar-refractivity contribution >= 4 is 5.91 Å². The Kier molecular flexibility index (Phi) is 23.6. The van der Waals surface area contributed by atoms with Crippen LogP contribution in [0, 0.1) is 0 Å². The second-order valence-corrected chi connectivity index (χ2v) is 11.6. The van der Waals surface area contributed by atoms with Gasteiger partial charge in [-0.15, -0.1) is 0 Å². The van der Waals surface area contributed by atoms with Crippen molar-refractivity contribution in [3.8, 4) is 0 Å². The summed E-state index contributed by atoms with van der Waals surface area (Å²) in [7, 11) is 0. The molecule has 250 valence electrons. The molecule has 0 aliphatic carbocycles. The highest BCUT2D eigenvalue weighted by Crippen LogP contribution is 2.22. The van der Waals surface area contributed by atoms with Crippen LogP contribution in [0.5, 0.6) is 0 Å². The summed E-state index contributed by atoms with van der Waals surface area (Å²) in [5.41, 5.74) is 0. The first-order valence-electron chi connectivity index (χ1n) is 16.7. The first-order valence-corrected chi connectivity index (χ1v) is 16.7. The highest BCUT2D eigenvalue weighted by molar-refractivity contribution is 5.76. The summed E-state index contributed by atoms with van der Waals surface area (Å²) in [6, 6.07) is -0.806. The van der Waals surface area contributed by atoms with Crippen molar-refractivity contribution in [1.82, 2.24) is 5.32 Å². The largest absolute Gasteiger partial charge is 0.394 e. The van der Waals surface area contributed by atoms with Gasteiger partial charge in [0.15, 0.2) is 6.29 Å². The van der Waals surface area contributed by atoms with Gasteiger partial charge >= 0.3 is 0 Å². The van der Waals surface area contributed by atoms with E-state index in [1.54, 1.807) is 6.08 Å². The maximum Gasteiger partial charge on any atom is 0.220 e. The van der Waals surface area contributed by atoms with Gasteiger partial charge < -0.3 is 40.3 Å². The summed E-state index contributed by atoms with van der Waals surface area (Å²) in [5, 5.41) is 53.5. The minimum Gasteiger partial charge on any atom is -0.394 e. The first-order chi connectivity index (χ1) is 20.8. The minimum absolute atomic E-state index is 0.196. The third-order valence-electron chi connectivity index (χ3n) is 7.69. The number of hydrogen-bond donors (Lipinski definition) is 6. The number of amides is 1. The van der Waals surface area contributed by atoms with Crippen LogP contribution in [0.2, 0.25) is 0 Å². The van der Waals surface area contributed by atoms with E-state index in [0.717, 1.165) is 70.6 Å². The van der Waals surface area contributed by atoms with Gasteiger partial charge in [-0.1, -0.05) is 102 Å². The molecule has 1 saturated heterocycles. The van der Waals surface area contributed by atoms with Crippen molar-refractivity contribution in [3.63, 3.8) is 0 Å². The van der Waals surface area contributed by atoms with Gasteiger partial charge in [0.25, 0.3) is 0 Å². The number of carbonyl (C=O) groups excluding carboxylic acids is 1. The number of rotatable bonds is 25. The highest BCUT2D eigenvalue weighted by Gasteiger charge is 2.44. The van der Waals surface area contributed by atoms with E-state index in [4.69, 9.17) is 9.47 Å². The summed E-state index contributed by atoms with van der Waals surface area (Å²) in [4.78, 5) is 12.7. The van der Waals surface area contributed by atoms with E-state index in [9.17, 15) is 30.3 Å². The van der Waals surface area contributed by atoms with E-state index >= 15 is 0 Å². The molecule has 9 nitrogen and oxygen atoms in total. The van der Waals surface area contributed by atoms with Crippen LogP contribution < -0.4 is 5.32 Å². The number of carbonyl (C=O) groups is 1. The van der Waals surface area contributed by atoms with Gasteiger partial charge in [0, 0.05) is 6.42 Å². The third kappa shape index (κ3) is 18.1. The van der Waals surface area contributed by atoms with Gasteiger partial charge in [0.2, 0.25) is 5.91 Å². The molecule has 1 amide bonds. The zero-order chi connectivity index (χ0) is 31.7. The van der Waals surface area contributed by atoms with E-state index in [0.29, 0.717) is 6.42 Å². The zero-order valence-corrected chi connectivity index (χ0v) is 26.7. The fourth-order valence-corrected chi connectivity index (χ4v) is 4.90. The van der Waals surface area contributed by atoms with E-state index in [1.165, 1.54) is 25.7 Å². The van der Waals surface area contributed by atoms with Crippen molar-refractivity contribution in [1.29, 1.82) is 0 Å². The third-order valence-corrected chi connectivity index (χ3v) is 7.69. The zero-order valence-electron chi connectivity index (χ0n) is 26.7. The molecule has 0 aromatic heterocycles. The lowest BCUT2D eigenvalue weighted by molar-refractivity contribution is -0.302. The first kappa shape index (κ1) is 39.4. The molecule has 1 fully saturated rings. The molecule has 7 atom stereocenters. The molecule has 0 aromatic rings. The van der Waals surface area contributed by atoms with E-state index in [-0.39, 0.29) is 12.5 Å². The molecule has 0 spiro atoms. The molecule has 0 aromatic carbocycles. The molecule has 0 bridgehead atoms. The average Bonchev–Trinajstić information content (AvgIpc) is 3.00. The molecule has 43 heavy (non-hydrogen) atoms. The summed E-state index contributed by atoms with van der Waals surface area (Å²) in [6.45, 7) is 3.59. The lowest BCUT2D eigenvalue weighted by Crippen LogP contribution is -2.60. The minimum atomic E-state index is -1.56. The normalized spacial score (nSPS) is 24.3. The molecule has 1 heterocycles. The van der Waals surface area contributed by atoms with Crippen LogP contribution in [-0.4, -0.2) is 87.5 Å². The van der Waals surface area contributed by atoms with Gasteiger partial charge in [0.1, 0.15) is 24.4 Å². The second-order valence-electron chi connectivity index (χ2n) is 11.6. The van der Waals surface area contributed by atoms with Gasteiger partial charge in [-0.2, -0.15) is 0 Å². The van der Waals surface area contributed by atoms with Crippen molar-refractivity contribution in [2.24, 2.45) is 0 Å². The molecular weight excluding hydrogens is 550 g/mol. The van der Waals surface area contributed by atoms with Crippen molar-refractivity contribution in [3.05, 3.63) is 36.5 Å². The Morgan fingerprint density at radius 3 is 2.09 bits per heavy atom. The lowest BCUT2D eigenvalue weighted by atomic mass is 9.99. The van der Waals surface area contributed by atoms with Crippen LogP contribution in [0.3, 0.4) is 0 Å². The fraction of sp³-hybridized carbons (Fsp3) is 0.794. The van der Waals surface area contributed by atoms with Crippen molar-refractivity contribution in [2.75, 3.05) is 13.2 Å². The molecule has 1 rings (SSSR count). The van der Waals surface area contributed by atoms with Gasteiger partial charge in [-0.3, -0.25) is 4.79 Å². The van der Waals surface area contributed by atoms with E-state index in [2.05, 4.69) is 43.5 Å². The average molecular weight is 612 g/mol. The maximum absolute atomic E-state index is 12.7. The molecule has 1 aliphatic heterocycles. The topological polar surface area (TPSA) is 149 Å². The van der Waals surface area contributed by atoms with Crippen LogP contribution in [0.1, 0.15) is 117 Å².